The summed E-state index contributed by atoms with van der Waals surface area (Å²) in [6.07, 6.45) is 0.132. The first-order chi connectivity index (χ1) is 13.8. The highest BCUT2D eigenvalue weighted by atomic mass is 16.5. The number of methoxy groups -OCH3 is 1. The number of nitrogens with one attached hydrogen (secondary N) is 2. The molecule has 152 valence electrons. The fourth-order valence-corrected chi connectivity index (χ4v) is 3.40. The van der Waals surface area contributed by atoms with Gasteiger partial charge in [0.1, 0.15) is 5.75 Å². The van der Waals surface area contributed by atoms with Crippen molar-refractivity contribution >= 4 is 34.8 Å². The van der Waals surface area contributed by atoms with E-state index < -0.39 is 5.92 Å². The van der Waals surface area contributed by atoms with Gasteiger partial charge in [0.25, 0.3) is 0 Å². The van der Waals surface area contributed by atoms with Crippen LogP contribution in [0, 0.1) is 19.8 Å². The number of hydrogen-bond donors (Lipinski definition) is 2. The molecule has 0 bridgehead atoms. The summed E-state index contributed by atoms with van der Waals surface area (Å²) in [7, 11) is 1.56. The number of hydrogen-bond acceptors (Lipinski definition) is 4. The van der Waals surface area contributed by atoms with Crippen LogP contribution in [0.4, 0.5) is 17.1 Å². The van der Waals surface area contributed by atoms with Crippen molar-refractivity contribution in [3.8, 4) is 5.75 Å². The molecule has 2 aromatic carbocycles. The number of benzene rings is 2. The number of aryl methyl sites for hydroxylation is 2. The number of rotatable bonds is 5. The van der Waals surface area contributed by atoms with Crippen molar-refractivity contribution in [3.63, 3.8) is 0 Å². The summed E-state index contributed by atoms with van der Waals surface area (Å²) in [4.78, 5) is 38.3. The summed E-state index contributed by atoms with van der Waals surface area (Å²) in [5, 5.41) is 5.60. The second-order valence-electron chi connectivity index (χ2n) is 7.28. The molecule has 3 rings (SSSR count). The van der Waals surface area contributed by atoms with Crippen molar-refractivity contribution in [3.05, 3.63) is 47.5 Å². The maximum absolute atomic E-state index is 12.8. The lowest BCUT2D eigenvalue weighted by molar-refractivity contribution is -0.122. The molecule has 3 amide bonds. The first kappa shape index (κ1) is 20.4. The molecular weight excluding hydrogens is 370 g/mol. The summed E-state index contributed by atoms with van der Waals surface area (Å²) in [6.45, 7) is 5.53. The molecule has 0 radical (unpaired) electrons. The predicted molar refractivity (Wildman–Crippen MR) is 112 cm³/mol. The molecule has 2 N–H and O–H groups in total. The third-order valence-electron chi connectivity index (χ3n) is 4.94. The van der Waals surface area contributed by atoms with E-state index in [1.807, 2.05) is 38.1 Å². The summed E-state index contributed by atoms with van der Waals surface area (Å²) >= 11 is 0. The Hall–Kier alpha value is -3.35. The zero-order valence-corrected chi connectivity index (χ0v) is 17.0. The smallest absolute Gasteiger partial charge is 0.229 e. The molecule has 7 nitrogen and oxygen atoms in total. The van der Waals surface area contributed by atoms with Crippen molar-refractivity contribution in [1.82, 2.24) is 0 Å². The number of ether oxygens (including phenoxy) is 1. The first-order valence-corrected chi connectivity index (χ1v) is 9.42. The molecule has 0 aliphatic carbocycles. The van der Waals surface area contributed by atoms with Crippen molar-refractivity contribution in [2.24, 2.45) is 5.92 Å². The Balaban J connectivity index is 1.76. The van der Waals surface area contributed by atoms with Crippen LogP contribution in [-0.4, -0.2) is 31.4 Å². The minimum absolute atomic E-state index is 0.113. The Morgan fingerprint density at radius 3 is 2.55 bits per heavy atom. The lowest BCUT2D eigenvalue weighted by atomic mass is 10.1. The lowest BCUT2D eigenvalue weighted by Crippen LogP contribution is -2.28. The standard InChI is InChI=1S/C22H25N3O4/c1-13-5-8-20(29-4)19(9-13)25-12-16(10-21(25)27)22(28)24-18-11-17(23-15(3)26)7-6-14(18)2/h5-9,11,16H,10,12H2,1-4H3,(H,23,26)(H,24,28). The second-order valence-corrected chi connectivity index (χ2v) is 7.28. The van der Waals surface area contributed by atoms with Crippen molar-refractivity contribution in [2.45, 2.75) is 27.2 Å². The molecule has 1 heterocycles. The largest absolute Gasteiger partial charge is 0.495 e. The van der Waals surface area contributed by atoms with Crippen LogP contribution >= 0.6 is 0 Å². The lowest BCUT2D eigenvalue weighted by Gasteiger charge is -2.20. The van der Waals surface area contributed by atoms with Crippen molar-refractivity contribution < 1.29 is 19.1 Å². The highest BCUT2D eigenvalue weighted by molar-refractivity contribution is 6.04. The Kier molecular flexibility index (Phi) is 5.87. The van der Waals surface area contributed by atoms with Gasteiger partial charge in [0, 0.05) is 31.3 Å². The van der Waals surface area contributed by atoms with Crippen LogP contribution < -0.4 is 20.3 Å². The monoisotopic (exact) mass is 395 g/mol. The Morgan fingerprint density at radius 2 is 1.86 bits per heavy atom. The molecule has 0 spiro atoms. The molecule has 0 aromatic heterocycles. The predicted octanol–water partition coefficient (Wildman–Crippen LogP) is 3.26. The van der Waals surface area contributed by atoms with Gasteiger partial charge in [0.2, 0.25) is 17.7 Å². The molecule has 1 fully saturated rings. The van der Waals surface area contributed by atoms with Gasteiger partial charge in [0.15, 0.2) is 0 Å². The summed E-state index contributed by atoms with van der Waals surface area (Å²) in [6, 6.07) is 10.9. The minimum atomic E-state index is -0.475. The van der Waals surface area contributed by atoms with E-state index in [4.69, 9.17) is 4.74 Å². The van der Waals surface area contributed by atoms with Crippen LogP contribution in [0.5, 0.6) is 5.75 Å². The van der Waals surface area contributed by atoms with E-state index in [2.05, 4.69) is 10.6 Å². The summed E-state index contributed by atoms with van der Waals surface area (Å²) < 4.78 is 5.38. The number of anilines is 3. The van der Waals surface area contributed by atoms with Crippen LogP contribution in [0.3, 0.4) is 0 Å². The highest BCUT2D eigenvalue weighted by Crippen LogP contribution is 2.34. The average molecular weight is 395 g/mol. The Morgan fingerprint density at radius 1 is 1.10 bits per heavy atom. The van der Waals surface area contributed by atoms with E-state index in [1.54, 1.807) is 24.1 Å². The van der Waals surface area contributed by atoms with Crippen LogP contribution in [0.2, 0.25) is 0 Å². The highest BCUT2D eigenvalue weighted by Gasteiger charge is 2.36. The van der Waals surface area contributed by atoms with E-state index >= 15 is 0 Å². The number of carbonyl (C=O) groups is 3. The number of amides is 3. The van der Waals surface area contributed by atoms with Gasteiger partial charge in [-0.15, -0.1) is 0 Å². The number of nitrogens with zero attached hydrogens (tertiary/aromatic N) is 1. The van der Waals surface area contributed by atoms with Gasteiger partial charge in [-0.25, -0.2) is 0 Å². The fraction of sp³-hybridized carbons (Fsp3) is 0.318. The maximum atomic E-state index is 12.8. The molecule has 7 heteroatoms. The van der Waals surface area contributed by atoms with E-state index in [-0.39, 0.29) is 30.7 Å². The molecular formula is C22H25N3O4. The second kappa shape index (κ2) is 8.34. The third kappa shape index (κ3) is 4.56. The van der Waals surface area contributed by atoms with Crippen LogP contribution in [0.15, 0.2) is 36.4 Å². The van der Waals surface area contributed by atoms with Gasteiger partial charge >= 0.3 is 0 Å². The quantitative estimate of drug-likeness (QED) is 0.813. The van der Waals surface area contributed by atoms with Crippen LogP contribution in [0.1, 0.15) is 24.5 Å². The topological polar surface area (TPSA) is 87.7 Å². The Labute approximate surface area is 170 Å². The number of carbonyl (C=O) groups excluding carboxylic acids is 3. The molecule has 2 aromatic rings. The van der Waals surface area contributed by atoms with Gasteiger partial charge in [-0.2, -0.15) is 0 Å². The maximum Gasteiger partial charge on any atom is 0.229 e. The zero-order chi connectivity index (χ0) is 21.1. The van der Waals surface area contributed by atoms with E-state index in [0.717, 1.165) is 11.1 Å². The van der Waals surface area contributed by atoms with E-state index in [9.17, 15) is 14.4 Å². The Bertz CT molecular complexity index is 971. The molecule has 0 saturated carbocycles. The minimum Gasteiger partial charge on any atom is -0.495 e. The molecule has 1 atom stereocenters. The summed E-state index contributed by atoms with van der Waals surface area (Å²) in [5.74, 6) is -0.399. The normalized spacial score (nSPS) is 15.9. The SMILES string of the molecule is COc1ccc(C)cc1N1CC(C(=O)Nc2cc(NC(C)=O)ccc2C)CC1=O. The molecule has 29 heavy (non-hydrogen) atoms. The van der Waals surface area contributed by atoms with E-state index in [1.165, 1.54) is 6.92 Å². The first-order valence-electron chi connectivity index (χ1n) is 9.42. The third-order valence-corrected chi connectivity index (χ3v) is 4.94. The summed E-state index contributed by atoms with van der Waals surface area (Å²) in [5.41, 5.74) is 3.77. The van der Waals surface area contributed by atoms with Gasteiger partial charge in [-0.3, -0.25) is 14.4 Å². The zero-order valence-electron chi connectivity index (χ0n) is 17.0. The van der Waals surface area contributed by atoms with Crippen LogP contribution in [-0.2, 0) is 14.4 Å². The molecule has 1 aliphatic heterocycles. The van der Waals surface area contributed by atoms with Gasteiger partial charge in [-0.1, -0.05) is 12.1 Å². The molecule has 1 saturated heterocycles. The van der Waals surface area contributed by atoms with Crippen molar-refractivity contribution in [2.75, 3.05) is 29.2 Å². The van der Waals surface area contributed by atoms with E-state index in [0.29, 0.717) is 22.8 Å². The average Bonchev–Trinajstić information content (AvgIpc) is 3.05. The van der Waals surface area contributed by atoms with Gasteiger partial charge < -0.3 is 20.3 Å². The van der Waals surface area contributed by atoms with Crippen LogP contribution in [0.25, 0.3) is 0 Å². The van der Waals surface area contributed by atoms with Crippen molar-refractivity contribution in [1.29, 1.82) is 0 Å². The molecule has 1 unspecified atom stereocenters. The van der Waals surface area contributed by atoms with Gasteiger partial charge in [0.05, 0.1) is 18.7 Å². The van der Waals surface area contributed by atoms with Gasteiger partial charge in [-0.05, 0) is 49.2 Å². The molecule has 1 aliphatic rings. The fourth-order valence-electron chi connectivity index (χ4n) is 3.40.